The SMILES string of the molecule is CCn1ncc(Cl)c1CN(C)S(=O)(=O)c1c(C)noc1C. The molecule has 0 aromatic carbocycles. The average Bonchev–Trinajstić information content (AvgIpc) is 2.93. The zero-order valence-electron chi connectivity index (χ0n) is 12.3. The Morgan fingerprint density at radius 3 is 2.62 bits per heavy atom. The second-order valence-corrected chi connectivity index (χ2v) is 7.06. The Morgan fingerprint density at radius 2 is 2.10 bits per heavy atom. The molecule has 0 aliphatic carbocycles. The first-order chi connectivity index (χ1) is 9.78. The average molecular weight is 333 g/mol. The fourth-order valence-electron chi connectivity index (χ4n) is 2.11. The molecule has 2 heterocycles. The van der Waals surface area contributed by atoms with E-state index in [0.29, 0.717) is 23.0 Å². The number of halogens is 1. The number of nitrogens with zero attached hydrogens (tertiary/aromatic N) is 4. The summed E-state index contributed by atoms with van der Waals surface area (Å²) in [5.74, 6) is 0.273. The van der Waals surface area contributed by atoms with Crippen molar-refractivity contribution in [2.75, 3.05) is 7.05 Å². The fraction of sp³-hybridized carbons (Fsp3) is 0.500. The van der Waals surface area contributed by atoms with E-state index in [4.69, 9.17) is 16.1 Å². The van der Waals surface area contributed by atoms with Crippen molar-refractivity contribution < 1.29 is 12.9 Å². The lowest BCUT2D eigenvalue weighted by atomic mass is 10.4. The molecule has 0 saturated carbocycles. The summed E-state index contributed by atoms with van der Waals surface area (Å²) < 4.78 is 33.1. The van der Waals surface area contributed by atoms with E-state index in [1.54, 1.807) is 18.5 Å². The van der Waals surface area contributed by atoms with Crippen LogP contribution < -0.4 is 0 Å². The summed E-state index contributed by atoms with van der Waals surface area (Å²) in [6, 6.07) is 0. The number of rotatable bonds is 5. The summed E-state index contributed by atoms with van der Waals surface area (Å²) in [6.07, 6.45) is 1.51. The summed E-state index contributed by atoms with van der Waals surface area (Å²) in [6.45, 7) is 5.82. The van der Waals surface area contributed by atoms with Crippen LogP contribution in [-0.2, 0) is 23.1 Å². The molecule has 21 heavy (non-hydrogen) atoms. The molecule has 0 atom stereocenters. The van der Waals surface area contributed by atoms with Gasteiger partial charge < -0.3 is 4.52 Å². The molecule has 9 heteroatoms. The van der Waals surface area contributed by atoms with Crippen LogP contribution in [0.15, 0.2) is 15.6 Å². The Labute approximate surface area is 128 Å². The second-order valence-electron chi connectivity index (χ2n) is 4.67. The molecule has 0 N–H and O–H groups in total. The predicted octanol–water partition coefficient (Wildman–Crippen LogP) is 1.98. The topological polar surface area (TPSA) is 81.2 Å². The van der Waals surface area contributed by atoms with E-state index >= 15 is 0 Å². The van der Waals surface area contributed by atoms with Crippen molar-refractivity contribution in [3.63, 3.8) is 0 Å². The van der Waals surface area contributed by atoms with Crippen LogP contribution in [0.4, 0.5) is 0 Å². The van der Waals surface area contributed by atoms with E-state index in [1.807, 2.05) is 6.92 Å². The highest BCUT2D eigenvalue weighted by atomic mass is 35.5. The van der Waals surface area contributed by atoms with Gasteiger partial charge in [-0.2, -0.15) is 9.40 Å². The summed E-state index contributed by atoms with van der Waals surface area (Å²) in [5, 5.41) is 8.23. The molecule has 0 bridgehead atoms. The third kappa shape index (κ3) is 2.83. The van der Waals surface area contributed by atoms with Crippen LogP contribution in [0.1, 0.15) is 24.1 Å². The highest BCUT2D eigenvalue weighted by Crippen LogP contribution is 2.25. The molecule has 0 fully saturated rings. The number of aromatic nitrogens is 3. The Kier molecular flexibility index (Phi) is 4.40. The number of hydrogen-bond acceptors (Lipinski definition) is 5. The molecule has 0 spiro atoms. The van der Waals surface area contributed by atoms with Gasteiger partial charge in [0.05, 0.1) is 23.5 Å². The van der Waals surface area contributed by atoms with E-state index < -0.39 is 10.0 Å². The van der Waals surface area contributed by atoms with Crippen LogP contribution in [0, 0.1) is 13.8 Å². The van der Waals surface area contributed by atoms with Crippen LogP contribution in [0.25, 0.3) is 0 Å². The van der Waals surface area contributed by atoms with Crippen molar-refractivity contribution in [1.29, 1.82) is 0 Å². The van der Waals surface area contributed by atoms with Gasteiger partial charge in [-0.25, -0.2) is 8.42 Å². The van der Waals surface area contributed by atoms with Crippen molar-refractivity contribution in [3.8, 4) is 0 Å². The number of hydrogen-bond donors (Lipinski definition) is 0. The Bertz CT molecular complexity index is 731. The quantitative estimate of drug-likeness (QED) is 0.836. The van der Waals surface area contributed by atoms with Crippen molar-refractivity contribution in [3.05, 3.63) is 28.4 Å². The van der Waals surface area contributed by atoms with Crippen LogP contribution in [-0.4, -0.2) is 34.7 Å². The van der Waals surface area contributed by atoms with Gasteiger partial charge in [0.25, 0.3) is 0 Å². The number of sulfonamides is 1. The Hall–Kier alpha value is -1.38. The molecule has 2 rings (SSSR count). The Balaban J connectivity index is 2.36. The van der Waals surface area contributed by atoms with Crippen LogP contribution in [0.3, 0.4) is 0 Å². The van der Waals surface area contributed by atoms with Gasteiger partial charge in [-0.1, -0.05) is 16.8 Å². The van der Waals surface area contributed by atoms with Crippen molar-refractivity contribution in [1.82, 2.24) is 19.2 Å². The van der Waals surface area contributed by atoms with Gasteiger partial charge in [-0.3, -0.25) is 4.68 Å². The molecule has 0 saturated heterocycles. The zero-order valence-corrected chi connectivity index (χ0v) is 13.9. The molecular formula is C12H17ClN4O3S. The van der Waals surface area contributed by atoms with Crippen LogP contribution >= 0.6 is 11.6 Å². The van der Waals surface area contributed by atoms with Gasteiger partial charge in [-0.05, 0) is 20.8 Å². The minimum Gasteiger partial charge on any atom is -0.360 e. The molecule has 0 radical (unpaired) electrons. The highest BCUT2D eigenvalue weighted by Gasteiger charge is 2.29. The van der Waals surface area contributed by atoms with E-state index in [1.165, 1.54) is 17.5 Å². The third-order valence-electron chi connectivity index (χ3n) is 3.21. The fourth-order valence-corrected chi connectivity index (χ4v) is 3.73. The molecule has 2 aromatic rings. The van der Waals surface area contributed by atoms with Crippen LogP contribution in [0.2, 0.25) is 5.02 Å². The van der Waals surface area contributed by atoms with E-state index in [2.05, 4.69) is 10.3 Å². The van der Waals surface area contributed by atoms with Crippen molar-refractivity contribution in [2.24, 2.45) is 0 Å². The van der Waals surface area contributed by atoms with Gasteiger partial charge in [0, 0.05) is 13.6 Å². The van der Waals surface area contributed by atoms with Gasteiger partial charge >= 0.3 is 0 Å². The molecule has 2 aromatic heterocycles. The smallest absolute Gasteiger partial charge is 0.248 e. The molecule has 0 unspecified atom stereocenters. The van der Waals surface area contributed by atoms with Gasteiger partial charge in [-0.15, -0.1) is 0 Å². The molecule has 0 aliphatic heterocycles. The highest BCUT2D eigenvalue weighted by molar-refractivity contribution is 7.89. The summed E-state index contributed by atoms with van der Waals surface area (Å²) in [7, 11) is -2.21. The third-order valence-corrected chi connectivity index (χ3v) is 5.57. The standard InChI is InChI=1S/C12H17ClN4O3S/c1-5-17-11(10(13)6-14-17)7-16(4)21(18,19)12-8(2)15-20-9(12)3/h6H,5,7H2,1-4H3. The monoisotopic (exact) mass is 332 g/mol. The lowest BCUT2D eigenvalue weighted by Gasteiger charge is -2.17. The van der Waals surface area contributed by atoms with E-state index in [9.17, 15) is 8.42 Å². The van der Waals surface area contributed by atoms with E-state index in [-0.39, 0.29) is 17.2 Å². The minimum absolute atomic E-state index is 0.101. The summed E-state index contributed by atoms with van der Waals surface area (Å²) in [5.41, 5.74) is 0.992. The lowest BCUT2D eigenvalue weighted by molar-refractivity contribution is 0.389. The van der Waals surface area contributed by atoms with E-state index in [0.717, 1.165) is 0 Å². The van der Waals surface area contributed by atoms with Crippen molar-refractivity contribution >= 4 is 21.6 Å². The largest absolute Gasteiger partial charge is 0.360 e. The maximum absolute atomic E-state index is 12.6. The molecule has 0 amide bonds. The summed E-state index contributed by atoms with van der Waals surface area (Å²) in [4.78, 5) is 0.101. The summed E-state index contributed by atoms with van der Waals surface area (Å²) >= 11 is 6.07. The maximum atomic E-state index is 12.6. The first kappa shape index (κ1) is 16.0. The minimum atomic E-state index is -3.70. The molecule has 7 nitrogen and oxygen atoms in total. The number of aryl methyl sites for hydroxylation is 3. The maximum Gasteiger partial charge on any atom is 0.248 e. The first-order valence-electron chi connectivity index (χ1n) is 6.38. The lowest BCUT2D eigenvalue weighted by Crippen LogP contribution is -2.28. The normalized spacial score (nSPS) is 12.3. The predicted molar refractivity (Wildman–Crippen MR) is 77.5 cm³/mol. The van der Waals surface area contributed by atoms with Gasteiger partial charge in [0.15, 0.2) is 5.76 Å². The molecular weight excluding hydrogens is 316 g/mol. The zero-order chi connectivity index (χ0) is 15.8. The molecule has 116 valence electrons. The molecule has 0 aliphatic rings. The Morgan fingerprint density at radius 1 is 1.43 bits per heavy atom. The first-order valence-corrected chi connectivity index (χ1v) is 8.20. The van der Waals surface area contributed by atoms with Crippen LogP contribution in [0.5, 0.6) is 0 Å². The second kappa shape index (κ2) is 5.78. The van der Waals surface area contributed by atoms with Gasteiger partial charge in [0.2, 0.25) is 10.0 Å². The van der Waals surface area contributed by atoms with Crippen molar-refractivity contribution in [2.45, 2.75) is 38.8 Å². The van der Waals surface area contributed by atoms with Gasteiger partial charge in [0.1, 0.15) is 10.6 Å².